The van der Waals surface area contributed by atoms with Crippen molar-refractivity contribution in [3.63, 3.8) is 0 Å². The van der Waals surface area contributed by atoms with Crippen LogP contribution < -0.4 is 15.4 Å². The molecule has 0 amide bonds. The third kappa shape index (κ3) is 9.07. The first-order valence-corrected chi connectivity index (χ1v) is 8.98. The Bertz CT molecular complexity index is 690. The van der Waals surface area contributed by atoms with Crippen LogP contribution in [0.4, 0.5) is 4.39 Å². The number of aliphatic imine (C=N–C) groups is 1. The van der Waals surface area contributed by atoms with Gasteiger partial charge in [-0.2, -0.15) is 5.10 Å². The Hall–Kier alpha value is -1.84. The van der Waals surface area contributed by atoms with Gasteiger partial charge in [-0.15, -0.1) is 24.0 Å². The second-order valence-electron chi connectivity index (χ2n) is 6.15. The van der Waals surface area contributed by atoms with Crippen molar-refractivity contribution >= 4 is 29.9 Å². The number of aryl methyl sites for hydroxylation is 2. The van der Waals surface area contributed by atoms with Gasteiger partial charge in [0.25, 0.3) is 0 Å². The molecule has 1 heterocycles. The van der Waals surface area contributed by atoms with Gasteiger partial charge >= 0.3 is 0 Å². The number of ether oxygens (including phenoxy) is 1. The van der Waals surface area contributed by atoms with Gasteiger partial charge in [-0.1, -0.05) is 0 Å². The van der Waals surface area contributed by atoms with Crippen molar-refractivity contribution < 1.29 is 9.13 Å². The Morgan fingerprint density at radius 2 is 2.04 bits per heavy atom. The van der Waals surface area contributed by atoms with Crippen LogP contribution in [0.15, 0.2) is 41.7 Å². The van der Waals surface area contributed by atoms with Crippen molar-refractivity contribution in [1.29, 1.82) is 0 Å². The van der Waals surface area contributed by atoms with E-state index >= 15 is 0 Å². The second-order valence-corrected chi connectivity index (χ2v) is 6.15. The second kappa shape index (κ2) is 12.5. The molecule has 0 bridgehead atoms. The summed E-state index contributed by atoms with van der Waals surface area (Å²) in [4.78, 5) is 4.55. The minimum Gasteiger partial charge on any atom is -0.489 e. The highest BCUT2D eigenvalue weighted by Crippen LogP contribution is 2.13. The van der Waals surface area contributed by atoms with Crippen molar-refractivity contribution in [3.8, 4) is 5.75 Å². The van der Waals surface area contributed by atoms with Gasteiger partial charge in [0.2, 0.25) is 0 Å². The van der Waals surface area contributed by atoms with Gasteiger partial charge in [-0.3, -0.25) is 4.68 Å². The Labute approximate surface area is 177 Å². The van der Waals surface area contributed by atoms with Crippen molar-refractivity contribution in [2.45, 2.75) is 32.8 Å². The molecule has 2 rings (SSSR count). The van der Waals surface area contributed by atoms with E-state index < -0.39 is 0 Å². The number of rotatable bonds is 9. The van der Waals surface area contributed by atoms with E-state index in [0.717, 1.165) is 31.9 Å². The average molecular weight is 489 g/mol. The van der Waals surface area contributed by atoms with Gasteiger partial charge < -0.3 is 15.4 Å². The molecule has 6 nitrogen and oxygen atoms in total. The summed E-state index contributed by atoms with van der Waals surface area (Å²) in [6, 6.07) is 6.02. The van der Waals surface area contributed by atoms with Crippen LogP contribution in [-0.2, 0) is 13.5 Å². The number of nitrogens with zero attached hydrogens (tertiary/aromatic N) is 3. The SMILES string of the molecule is CCNC(=NCC(C)Oc1ccc(F)cc1)NCCCc1cnn(C)c1.I. The van der Waals surface area contributed by atoms with Crippen LogP contribution in [0.25, 0.3) is 0 Å². The molecular formula is C19H29FIN5O. The highest BCUT2D eigenvalue weighted by molar-refractivity contribution is 14.0. The average Bonchev–Trinajstić information content (AvgIpc) is 3.03. The summed E-state index contributed by atoms with van der Waals surface area (Å²) < 4.78 is 20.5. The molecule has 0 saturated carbocycles. The maximum atomic E-state index is 12.9. The van der Waals surface area contributed by atoms with E-state index in [9.17, 15) is 4.39 Å². The van der Waals surface area contributed by atoms with Crippen LogP contribution in [0, 0.1) is 5.82 Å². The van der Waals surface area contributed by atoms with Crippen molar-refractivity contribution in [2.75, 3.05) is 19.6 Å². The van der Waals surface area contributed by atoms with Gasteiger partial charge in [-0.25, -0.2) is 9.38 Å². The molecule has 1 atom stereocenters. The third-order valence-corrected chi connectivity index (χ3v) is 3.69. The monoisotopic (exact) mass is 489 g/mol. The predicted octanol–water partition coefficient (Wildman–Crippen LogP) is 3.13. The summed E-state index contributed by atoms with van der Waals surface area (Å²) in [5, 5.41) is 10.7. The van der Waals surface area contributed by atoms with Crippen LogP contribution in [0.2, 0.25) is 0 Å². The zero-order valence-electron chi connectivity index (χ0n) is 16.1. The minimum atomic E-state index is -0.270. The maximum absolute atomic E-state index is 12.9. The lowest BCUT2D eigenvalue weighted by Gasteiger charge is -2.15. The van der Waals surface area contributed by atoms with Gasteiger partial charge in [0.15, 0.2) is 5.96 Å². The summed E-state index contributed by atoms with van der Waals surface area (Å²) in [5.41, 5.74) is 1.23. The smallest absolute Gasteiger partial charge is 0.191 e. The standard InChI is InChI=1S/C19H28FN5O.HI/c1-4-21-19(22-11-5-6-16-13-24-25(3)14-16)23-12-15(2)26-18-9-7-17(20)8-10-18;/h7-10,13-15H,4-6,11-12H2,1-3H3,(H2,21,22,23);1H. The lowest BCUT2D eigenvalue weighted by Crippen LogP contribution is -2.38. The summed E-state index contributed by atoms with van der Waals surface area (Å²) in [6.45, 7) is 6.11. The Morgan fingerprint density at radius 3 is 2.67 bits per heavy atom. The quantitative estimate of drug-likeness (QED) is 0.246. The molecule has 0 aliphatic heterocycles. The van der Waals surface area contributed by atoms with Crippen LogP contribution in [0.5, 0.6) is 5.75 Å². The fourth-order valence-electron chi connectivity index (χ4n) is 2.44. The molecule has 150 valence electrons. The van der Waals surface area contributed by atoms with Crippen LogP contribution in [-0.4, -0.2) is 41.5 Å². The molecule has 0 aliphatic carbocycles. The highest BCUT2D eigenvalue weighted by Gasteiger charge is 2.05. The highest BCUT2D eigenvalue weighted by atomic mass is 127. The summed E-state index contributed by atoms with van der Waals surface area (Å²) in [5.74, 6) is 1.14. The van der Waals surface area contributed by atoms with E-state index in [1.165, 1.54) is 17.7 Å². The van der Waals surface area contributed by atoms with Crippen molar-refractivity contribution in [1.82, 2.24) is 20.4 Å². The molecule has 0 saturated heterocycles. The van der Waals surface area contributed by atoms with E-state index in [1.54, 1.807) is 12.1 Å². The zero-order chi connectivity index (χ0) is 18.8. The molecule has 1 unspecified atom stereocenters. The molecular weight excluding hydrogens is 460 g/mol. The van der Waals surface area contributed by atoms with Crippen molar-refractivity contribution in [2.24, 2.45) is 12.0 Å². The largest absolute Gasteiger partial charge is 0.489 e. The number of nitrogens with one attached hydrogen (secondary N) is 2. The van der Waals surface area contributed by atoms with Gasteiger partial charge in [0.1, 0.15) is 17.7 Å². The summed E-state index contributed by atoms with van der Waals surface area (Å²) >= 11 is 0. The normalized spacial score (nSPS) is 12.2. The lowest BCUT2D eigenvalue weighted by atomic mass is 10.2. The predicted molar refractivity (Wildman–Crippen MR) is 117 cm³/mol. The molecule has 0 radical (unpaired) electrons. The molecule has 0 spiro atoms. The Kier molecular flexibility index (Phi) is 10.8. The third-order valence-electron chi connectivity index (χ3n) is 3.69. The molecule has 1 aromatic carbocycles. The summed E-state index contributed by atoms with van der Waals surface area (Å²) in [6.07, 6.45) is 5.80. The van der Waals surface area contributed by atoms with Crippen molar-refractivity contribution in [3.05, 3.63) is 48.0 Å². The first-order valence-electron chi connectivity index (χ1n) is 8.98. The first-order chi connectivity index (χ1) is 12.6. The molecule has 0 fully saturated rings. The number of guanidine groups is 1. The van der Waals surface area contributed by atoms with E-state index in [4.69, 9.17) is 4.74 Å². The Balaban J connectivity index is 0.00000364. The number of aromatic nitrogens is 2. The van der Waals surface area contributed by atoms with Gasteiger partial charge in [-0.05, 0) is 56.5 Å². The molecule has 27 heavy (non-hydrogen) atoms. The molecule has 0 aliphatic rings. The van der Waals surface area contributed by atoms with E-state index in [2.05, 4.69) is 20.7 Å². The molecule has 1 aromatic heterocycles. The van der Waals surface area contributed by atoms with Gasteiger partial charge in [0.05, 0.1) is 12.7 Å². The van der Waals surface area contributed by atoms with E-state index in [0.29, 0.717) is 12.3 Å². The zero-order valence-corrected chi connectivity index (χ0v) is 18.4. The number of hydrogen-bond donors (Lipinski definition) is 2. The Morgan fingerprint density at radius 1 is 1.30 bits per heavy atom. The van der Waals surface area contributed by atoms with Gasteiger partial charge in [0, 0.05) is 26.3 Å². The lowest BCUT2D eigenvalue weighted by molar-refractivity contribution is 0.230. The van der Waals surface area contributed by atoms with E-state index in [-0.39, 0.29) is 35.9 Å². The number of hydrogen-bond acceptors (Lipinski definition) is 3. The molecule has 2 aromatic rings. The fourth-order valence-corrected chi connectivity index (χ4v) is 2.44. The first kappa shape index (κ1) is 23.2. The summed E-state index contributed by atoms with van der Waals surface area (Å²) in [7, 11) is 1.92. The minimum absolute atomic E-state index is 0. The van der Waals surface area contributed by atoms with E-state index in [1.807, 2.05) is 38.0 Å². The van der Waals surface area contributed by atoms with Crippen LogP contribution in [0.1, 0.15) is 25.8 Å². The fraction of sp³-hybridized carbons (Fsp3) is 0.474. The van der Waals surface area contributed by atoms with Crippen LogP contribution in [0.3, 0.4) is 0 Å². The maximum Gasteiger partial charge on any atom is 0.191 e. The molecule has 2 N–H and O–H groups in total. The number of benzene rings is 1. The molecule has 8 heteroatoms. The number of halogens is 2. The van der Waals surface area contributed by atoms with Crippen LogP contribution >= 0.6 is 24.0 Å². The topological polar surface area (TPSA) is 63.5 Å².